The summed E-state index contributed by atoms with van der Waals surface area (Å²) in [4.78, 5) is 3.97. The lowest BCUT2D eigenvalue weighted by Crippen LogP contribution is -2.32. The molecule has 0 fully saturated rings. The Labute approximate surface area is 129 Å². The van der Waals surface area contributed by atoms with E-state index in [0.29, 0.717) is 18.2 Å². The molecule has 0 radical (unpaired) electrons. The Balaban J connectivity index is 1.55. The SMILES string of the molecule is OC(CNCCn1ccnc1)COCc1ccccc1Cl. The number of nitrogens with one attached hydrogen (secondary N) is 1. The van der Waals surface area contributed by atoms with E-state index in [1.165, 1.54) is 0 Å². The van der Waals surface area contributed by atoms with Gasteiger partial charge < -0.3 is 19.7 Å². The van der Waals surface area contributed by atoms with Crippen LogP contribution in [0.3, 0.4) is 0 Å². The summed E-state index contributed by atoms with van der Waals surface area (Å²) in [6.45, 7) is 2.79. The summed E-state index contributed by atoms with van der Waals surface area (Å²) < 4.78 is 7.46. The number of aromatic nitrogens is 2. The van der Waals surface area contributed by atoms with Crippen LogP contribution < -0.4 is 5.32 Å². The lowest BCUT2D eigenvalue weighted by molar-refractivity contribution is 0.0289. The zero-order valence-corrected chi connectivity index (χ0v) is 12.5. The first-order valence-electron chi connectivity index (χ1n) is 6.91. The van der Waals surface area contributed by atoms with Gasteiger partial charge in [-0.2, -0.15) is 0 Å². The number of aliphatic hydroxyl groups is 1. The zero-order chi connectivity index (χ0) is 14.9. The Morgan fingerprint density at radius 3 is 3.00 bits per heavy atom. The van der Waals surface area contributed by atoms with E-state index in [2.05, 4.69) is 10.3 Å². The van der Waals surface area contributed by atoms with Crippen molar-refractivity contribution in [3.63, 3.8) is 0 Å². The highest BCUT2D eigenvalue weighted by Gasteiger charge is 2.05. The molecule has 0 aliphatic carbocycles. The molecule has 0 amide bonds. The number of nitrogens with zero attached hydrogens (tertiary/aromatic N) is 2. The lowest BCUT2D eigenvalue weighted by Gasteiger charge is -2.13. The number of halogens is 1. The van der Waals surface area contributed by atoms with Crippen molar-refractivity contribution in [2.24, 2.45) is 0 Å². The van der Waals surface area contributed by atoms with Crippen molar-refractivity contribution in [3.8, 4) is 0 Å². The molecule has 2 N–H and O–H groups in total. The van der Waals surface area contributed by atoms with Gasteiger partial charge in [-0.25, -0.2) is 4.98 Å². The molecule has 1 heterocycles. The maximum absolute atomic E-state index is 9.81. The normalized spacial score (nSPS) is 12.5. The van der Waals surface area contributed by atoms with E-state index in [1.807, 2.05) is 35.0 Å². The van der Waals surface area contributed by atoms with Crippen LogP contribution in [0.5, 0.6) is 0 Å². The smallest absolute Gasteiger partial charge is 0.0946 e. The molecule has 21 heavy (non-hydrogen) atoms. The second kappa shape index (κ2) is 8.79. The van der Waals surface area contributed by atoms with Crippen LogP contribution in [0, 0.1) is 0 Å². The summed E-state index contributed by atoms with van der Waals surface area (Å²) in [6.07, 6.45) is 4.89. The van der Waals surface area contributed by atoms with Crippen LogP contribution in [0.1, 0.15) is 5.56 Å². The highest BCUT2D eigenvalue weighted by atomic mass is 35.5. The molecule has 1 unspecified atom stereocenters. The second-order valence-electron chi connectivity index (χ2n) is 4.76. The molecule has 114 valence electrons. The predicted molar refractivity (Wildman–Crippen MR) is 82.2 cm³/mol. The number of aliphatic hydroxyl groups excluding tert-OH is 1. The number of ether oxygens (including phenoxy) is 1. The van der Waals surface area contributed by atoms with Gasteiger partial charge in [-0.1, -0.05) is 29.8 Å². The van der Waals surface area contributed by atoms with Gasteiger partial charge in [-0.15, -0.1) is 0 Å². The van der Waals surface area contributed by atoms with Gasteiger partial charge in [-0.05, 0) is 11.6 Å². The van der Waals surface area contributed by atoms with Crippen molar-refractivity contribution < 1.29 is 9.84 Å². The van der Waals surface area contributed by atoms with Crippen LogP contribution in [0.2, 0.25) is 5.02 Å². The van der Waals surface area contributed by atoms with Crippen molar-refractivity contribution in [1.29, 1.82) is 0 Å². The summed E-state index contributed by atoms with van der Waals surface area (Å²) in [7, 11) is 0. The van der Waals surface area contributed by atoms with Crippen LogP contribution in [0.4, 0.5) is 0 Å². The second-order valence-corrected chi connectivity index (χ2v) is 5.17. The number of benzene rings is 1. The molecule has 1 atom stereocenters. The fraction of sp³-hybridized carbons (Fsp3) is 0.400. The fourth-order valence-electron chi connectivity index (χ4n) is 1.88. The molecule has 1 aromatic heterocycles. The van der Waals surface area contributed by atoms with Crippen molar-refractivity contribution in [2.75, 3.05) is 19.7 Å². The number of hydrogen-bond donors (Lipinski definition) is 2. The predicted octanol–water partition coefficient (Wildman–Crippen LogP) is 1.70. The monoisotopic (exact) mass is 309 g/mol. The number of imidazole rings is 1. The van der Waals surface area contributed by atoms with Crippen molar-refractivity contribution >= 4 is 11.6 Å². The van der Waals surface area contributed by atoms with Gasteiger partial charge in [0.25, 0.3) is 0 Å². The number of rotatable bonds is 9. The molecule has 2 aromatic rings. The Bertz CT molecular complexity index is 519. The van der Waals surface area contributed by atoms with Gasteiger partial charge >= 0.3 is 0 Å². The molecule has 6 heteroatoms. The molecule has 2 rings (SSSR count). The van der Waals surface area contributed by atoms with Crippen LogP contribution in [-0.2, 0) is 17.9 Å². The molecular formula is C15H20ClN3O2. The fourth-order valence-corrected chi connectivity index (χ4v) is 2.07. The van der Waals surface area contributed by atoms with Gasteiger partial charge in [0.1, 0.15) is 0 Å². The molecule has 0 aliphatic rings. The van der Waals surface area contributed by atoms with Crippen LogP contribution in [-0.4, -0.2) is 40.5 Å². The third kappa shape index (κ3) is 5.85. The largest absolute Gasteiger partial charge is 0.389 e. The van der Waals surface area contributed by atoms with Gasteiger partial charge in [-0.3, -0.25) is 0 Å². The average Bonchev–Trinajstić information content (AvgIpc) is 2.99. The highest BCUT2D eigenvalue weighted by Crippen LogP contribution is 2.15. The molecular weight excluding hydrogens is 290 g/mol. The van der Waals surface area contributed by atoms with Gasteiger partial charge in [0.15, 0.2) is 0 Å². The third-order valence-corrected chi connectivity index (χ3v) is 3.38. The van der Waals surface area contributed by atoms with E-state index in [0.717, 1.165) is 18.7 Å². The maximum atomic E-state index is 9.81. The third-order valence-electron chi connectivity index (χ3n) is 3.01. The van der Waals surface area contributed by atoms with Gasteiger partial charge in [0.2, 0.25) is 0 Å². The summed E-state index contributed by atoms with van der Waals surface area (Å²) in [5, 5.41) is 13.7. The first-order chi connectivity index (χ1) is 10.3. The van der Waals surface area contributed by atoms with E-state index >= 15 is 0 Å². The molecule has 0 saturated carbocycles. The Morgan fingerprint density at radius 2 is 2.24 bits per heavy atom. The highest BCUT2D eigenvalue weighted by molar-refractivity contribution is 6.31. The summed E-state index contributed by atoms with van der Waals surface area (Å²) >= 11 is 6.03. The van der Waals surface area contributed by atoms with Crippen LogP contribution in [0.15, 0.2) is 43.0 Å². The summed E-state index contributed by atoms with van der Waals surface area (Å²) in [5.74, 6) is 0. The first kappa shape index (κ1) is 16.0. The van der Waals surface area contributed by atoms with Gasteiger partial charge in [0, 0.05) is 37.1 Å². The van der Waals surface area contributed by atoms with Crippen LogP contribution >= 0.6 is 11.6 Å². The molecule has 1 aromatic carbocycles. The lowest BCUT2D eigenvalue weighted by atomic mass is 10.2. The molecule has 5 nitrogen and oxygen atoms in total. The standard InChI is InChI=1S/C15H20ClN3O2/c16-15-4-2-1-3-13(15)10-21-11-14(20)9-17-5-7-19-8-6-18-12-19/h1-4,6,8,12,14,17,20H,5,7,9-11H2. The van der Waals surface area contributed by atoms with Crippen molar-refractivity contribution in [3.05, 3.63) is 53.6 Å². The molecule has 0 spiro atoms. The minimum Gasteiger partial charge on any atom is -0.389 e. The van der Waals surface area contributed by atoms with E-state index in [9.17, 15) is 5.11 Å². The van der Waals surface area contributed by atoms with Gasteiger partial charge in [0.05, 0.1) is 25.6 Å². The minimum absolute atomic E-state index is 0.281. The maximum Gasteiger partial charge on any atom is 0.0946 e. The van der Waals surface area contributed by atoms with E-state index in [1.54, 1.807) is 12.5 Å². The first-order valence-corrected chi connectivity index (χ1v) is 7.29. The topological polar surface area (TPSA) is 59.3 Å². The molecule has 0 aliphatic heterocycles. The number of hydrogen-bond acceptors (Lipinski definition) is 4. The van der Waals surface area contributed by atoms with E-state index in [4.69, 9.17) is 16.3 Å². The Kier molecular flexibility index (Phi) is 6.69. The molecule has 0 bridgehead atoms. The van der Waals surface area contributed by atoms with Crippen LogP contribution in [0.25, 0.3) is 0 Å². The van der Waals surface area contributed by atoms with Crippen molar-refractivity contribution in [1.82, 2.24) is 14.9 Å². The summed E-state index contributed by atoms with van der Waals surface area (Å²) in [6, 6.07) is 7.54. The van der Waals surface area contributed by atoms with E-state index < -0.39 is 6.10 Å². The Morgan fingerprint density at radius 1 is 1.38 bits per heavy atom. The van der Waals surface area contributed by atoms with E-state index in [-0.39, 0.29) is 6.61 Å². The summed E-state index contributed by atoms with van der Waals surface area (Å²) in [5.41, 5.74) is 0.930. The molecule has 0 saturated heterocycles. The zero-order valence-electron chi connectivity index (χ0n) is 11.8. The average molecular weight is 310 g/mol. The Hall–Kier alpha value is -1.40. The quantitative estimate of drug-likeness (QED) is 0.692. The minimum atomic E-state index is -0.532. The van der Waals surface area contributed by atoms with Crippen molar-refractivity contribution in [2.45, 2.75) is 19.3 Å².